The second kappa shape index (κ2) is 5.34. The maximum atomic E-state index is 12.2. The van der Waals surface area contributed by atoms with Crippen LogP contribution in [0.15, 0.2) is 35.3 Å². The number of esters is 1. The van der Waals surface area contributed by atoms with Gasteiger partial charge in [-0.1, -0.05) is 6.07 Å². The number of nitrogens with zero attached hydrogens (tertiary/aromatic N) is 2. The van der Waals surface area contributed by atoms with Gasteiger partial charge in [0.2, 0.25) is 5.88 Å². The summed E-state index contributed by atoms with van der Waals surface area (Å²) in [6, 6.07) is 5.18. The molecule has 0 fully saturated rings. The minimum Gasteiger partial charge on any atom is -0.480 e. The van der Waals surface area contributed by atoms with E-state index >= 15 is 0 Å². The summed E-state index contributed by atoms with van der Waals surface area (Å²) in [5, 5.41) is 0. The standard InChI is InChI=1S/C13H12N2O4/c1-18-11(16)7-6-9-12(19-2)14-10-5-3-4-8-15(10)13(9)17/h3-8H,1-2H3/b7-6-. The molecule has 6 heteroatoms. The molecular weight excluding hydrogens is 248 g/mol. The highest BCUT2D eigenvalue weighted by molar-refractivity contribution is 5.87. The molecule has 0 bridgehead atoms. The van der Waals surface area contributed by atoms with E-state index in [1.165, 1.54) is 24.7 Å². The highest BCUT2D eigenvalue weighted by atomic mass is 16.5. The number of hydrogen-bond acceptors (Lipinski definition) is 5. The lowest BCUT2D eigenvalue weighted by molar-refractivity contribution is -0.134. The summed E-state index contributed by atoms with van der Waals surface area (Å²) in [4.78, 5) is 27.5. The van der Waals surface area contributed by atoms with Crippen LogP contribution in [-0.2, 0) is 9.53 Å². The Hall–Kier alpha value is -2.63. The Balaban J connectivity index is 2.65. The number of methoxy groups -OCH3 is 2. The summed E-state index contributed by atoms with van der Waals surface area (Å²) in [6.45, 7) is 0. The van der Waals surface area contributed by atoms with Crippen LogP contribution in [0.2, 0.25) is 0 Å². The smallest absolute Gasteiger partial charge is 0.330 e. The van der Waals surface area contributed by atoms with Crippen molar-refractivity contribution in [1.29, 1.82) is 0 Å². The van der Waals surface area contributed by atoms with Crippen molar-refractivity contribution >= 4 is 17.7 Å². The molecule has 19 heavy (non-hydrogen) atoms. The number of pyridine rings is 1. The minimum absolute atomic E-state index is 0.163. The van der Waals surface area contributed by atoms with Crippen LogP contribution >= 0.6 is 0 Å². The van der Waals surface area contributed by atoms with Gasteiger partial charge in [-0.2, -0.15) is 4.98 Å². The van der Waals surface area contributed by atoms with Crippen LogP contribution < -0.4 is 10.3 Å². The second-order valence-corrected chi connectivity index (χ2v) is 3.63. The van der Waals surface area contributed by atoms with E-state index in [0.29, 0.717) is 5.65 Å². The third kappa shape index (κ3) is 2.47. The van der Waals surface area contributed by atoms with Gasteiger partial charge >= 0.3 is 5.97 Å². The second-order valence-electron chi connectivity index (χ2n) is 3.63. The molecule has 2 rings (SSSR count). The van der Waals surface area contributed by atoms with Gasteiger partial charge in [-0.25, -0.2) is 4.79 Å². The normalized spacial score (nSPS) is 10.8. The summed E-state index contributed by atoms with van der Waals surface area (Å²) in [5.74, 6) is -0.393. The number of fused-ring (bicyclic) bond motifs is 1. The summed E-state index contributed by atoms with van der Waals surface area (Å²) in [7, 11) is 2.67. The van der Waals surface area contributed by atoms with Crippen LogP contribution in [0.4, 0.5) is 0 Å². The van der Waals surface area contributed by atoms with Gasteiger partial charge in [-0.3, -0.25) is 9.20 Å². The molecule has 2 aromatic rings. The Morgan fingerprint density at radius 1 is 1.37 bits per heavy atom. The molecule has 0 amide bonds. The van der Waals surface area contributed by atoms with Gasteiger partial charge < -0.3 is 9.47 Å². The van der Waals surface area contributed by atoms with Gasteiger partial charge in [-0.15, -0.1) is 0 Å². The molecule has 6 nitrogen and oxygen atoms in total. The van der Waals surface area contributed by atoms with Crippen LogP contribution in [0.25, 0.3) is 11.7 Å². The molecule has 0 aromatic carbocycles. The number of aromatic nitrogens is 2. The van der Waals surface area contributed by atoms with Gasteiger partial charge in [0.1, 0.15) is 11.2 Å². The van der Waals surface area contributed by atoms with E-state index in [1.54, 1.807) is 24.4 Å². The summed E-state index contributed by atoms with van der Waals surface area (Å²) in [5.41, 5.74) is 0.346. The van der Waals surface area contributed by atoms with Crippen LogP contribution in [0, 0.1) is 0 Å². The average Bonchev–Trinajstić information content (AvgIpc) is 2.45. The maximum Gasteiger partial charge on any atom is 0.330 e. The Morgan fingerprint density at radius 3 is 2.84 bits per heavy atom. The zero-order valence-electron chi connectivity index (χ0n) is 10.5. The fourth-order valence-corrected chi connectivity index (χ4v) is 1.60. The van der Waals surface area contributed by atoms with Crippen molar-refractivity contribution in [3.63, 3.8) is 0 Å². The monoisotopic (exact) mass is 260 g/mol. The Kier molecular flexibility index (Phi) is 3.61. The molecule has 0 N–H and O–H groups in total. The molecule has 0 aliphatic rings. The summed E-state index contributed by atoms with van der Waals surface area (Å²) < 4.78 is 10.9. The summed E-state index contributed by atoms with van der Waals surface area (Å²) in [6.07, 6.45) is 4.08. The molecule has 0 aliphatic carbocycles. The fraction of sp³-hybridized carbons (Fsp3) is 0.154. The van der Waals surface area contributed by atoms with Crippen molar-refractivity contribution in [3.8, 4) is 5.88 Å². The van der Waals surface area contributed by atoms with Crippen molar-refractivity contribution in [3.05, 3.63) is 46.4 Å². The molecule has 0 saturated heterocycles. The predicted molar refractivity (Wildman–Crippen MR) is 69.1 cm³/mol. The van der Waals surface area contributed by atoms with Crippen molar-refractivity contribution in [2.75, 3.05) is 14.2 Å². The van der Waals surface area contributed by atoms with E-state index in [4.69, 9.17) is 4.74 Å². The van der Waals surface area contributed by atoms with Crippen LogP contribution in [0.5, 0.6) is 5.88 Å². The molecule has 0 aliphatic heterocycles. The van der Waals surface area contributed by atoms with E-state index in [2.05, 4.69) is 9.72 Å². The van der Waals surface area contributed by atoms with Gasteiger partial charge in [0.05, 0.1) is 14.2 Å². The van der Waals surface area contributed by atoms with E-state index in [9.17, 15) is 9.59 Å². The van der Waals surface area contributed by atoms with Crippen LogP contribution in [0.1, 0.15) is 5.56 Å². The van der Waals surface area contributed by atoms with E-state index in [-0.39, 0.29) is 17.0 Å². The molecule has 2 aromatic heterocycles. The lowest BCUT2D eigenvalue weighted by Crippen LogP contribution is -2.18. The molecule has 0 unspecified atom stereocenters. The molecule has 0 spiro atoms. The lowest BCUT2D eigenvalue weighted by atomic mass is 10.2. The fourth-order valence-electron chi connectivity index (χ4n) is 1.60. The average molecular weight is 260 g/mol. The summed E-state index contributed by atoms with van der Waals surface area (Å²) >= 11 is 0. The number of rotatable bonds is 3. The van der Waals surface area contributed by atoms with E-state index in [1.807, 2.05) is 0 Å². The molecule has 0 radical (unpaired) electrons. The van der Waals surface area contributed by atoms with Crippen molar-refractivity contribution in [1.82, 2.24) is 9.38 Å². The highest BCUT2D eigenvalue weighted by Gasteiger charge is 2.10. The van der Waals surface area contributed by atoms with Gasteiger partial charge in [-0.05, 0) is 18.2 Å². The molecular formula is C13H12N2O4. The van der Waals surface area contributed by atoms with Crippen LogP contribution in [0.3, 0.4) is 0 Å². The topological polar surface area (TPSA) is 69.9 Å². The number of ether oxygens (including phenoxy) is 2. The largest absolute Gasteiger partial charge is 0.480 e. The van der Waals surface area contributed by atoms with Crippen molar-refractivity contribution in [2.24, 2.45) is 0 Å². The zero-order valence-corrected chi connectivity index (χ0v) is 10.5. The van der Waals surface area contributed by atoms with Gasteiger partial charge in [0.25, 0.3) is 5.56 Å². The first kappa shape index (κ1) is 12.8. The molecule has 98 valence electrons. The van der Waals surface area contributed by atoms with Crippen molar-refractivity contribution in [2.45, 2.75) is 0 Å². The van der Waals surface area contributed by atoms with E-state index in [0.717, 1.165) is 6.08 Å². The molecule has 0 saturated carbocycles. The Bertz CT molecular complexity index is 703. The van der Waals surface area contributed by atoms with Gasteiger partial charge in [0, 0.05) is 12.3 Å². The number of carbonyl (C=O) groups is 1. The maximum absolute atomic E-state index is 12.2. The van der Waals surface area contributed by atoms with Crippen LogP contribution in [-0.4, -0.2) is 29.6 Å². The Labute approximate surface area is 108 Å². The third-order valence-corrected chi connectivity index (χ3v) is 2.51. The van der Waals surface area contributed by atoms with Crippen molar-refractivity contribution < 1.29 is 14.3 Å². The zero-order chi connectivity index (χ0) is 13.8. The van der Waals surface area contributed by atoms with E-state index < -0.39 is 5.97 Å². The van der Waals surface area contributed by atoms with Gasteiger partial charge in [0.15, 0.2) is 0 Å². The first-order chi connectivity index (χ1) is 9.17. The molecule has 2 heterocycles. The SMILES string of the molecule is COC(=O)/C=C\c1c(OC)nc2ccccn2c1=O. The number of carbonyl (C=O) groups excluding carboxylic acids is 1. The first-order valence-electron chi connectivity index (χ1n) is 5.48. The third-order valence-electron chi connectivity index (χ3n) is 2.51. The minimum atomic E-state index is -0.556. The highest BCUT2D eigenvalue weighted by Crippen LogP contribution is 2.14. The molecule has 0 atom stereocenters. The lowest BCUT2D eigenvalue weighted by Gasteiger charge is -2.06. The predicted octanol–water partition coefficient (Wildman–Crippen LogP) is 0.889. The first-order valence-corrected chi connectivity index (χ1v) is 5.48. The Morgan fingerprint density at radius 2 is 2.16 bits per heavy atom. The number of hydrogen-bond donors (Lipinski definition) is 0. The quantitative estimate of drug-likeness (QED) is 0.605.